The molecule has 0 radical (unpaired) electrons. The third-order valence-corrected chi connectivity index (χ3v) is 5.14. The molecular formula is C20H17N3O2. The van der Waals surface area contributed by atoms with Gasteiger partial charge in [-0.1, -0.05) is 36.4 Å². The molecule has 1 aliphatic rings. The van der Waals surface area contributed by atoms with E-state index in [2.05, 4.69) is 27.4 Å². The molecule has 0 amide bonds. The summed E-state index contributed by atoms with van der Waals surface area (Å²) < 4.78 is 0. The fourth-order valence-corrected chi connectivity index (χ4v) is 3.97. The Morgan fingerprint density at radius 2 is 1.72 bits per heavy atom. The lowest BCUT2D eigenvalue weighted by molar-refractivity contribution is -0.139. The Morgan fingerprint density at radius 1 is 1.00 bits per heavy atom. The second kappa shape index (κ2) is 5.22. The summed E-state index contributed by atoms with van der Waals surface area (Å²) in [5, 5.41) is 15.1. The van der Waals surface area contributed by atoms with E-state index >= 15 is 0 Å². The lowest BCUT2D eigenvalue weighted by Crippen LogP contribution is -2.44. The monoisotopic (exact) mass is 331 g/mol. The second-order valence-corrected chi connectivity index (χ2v) is 6.55. The fourth-order valence-electron chi connectivity index (χ4n) is 3.97. The SMILES string of the molecule is O=C(O)[C@@H]1Cc2c([nH]c3ccccc23)[C@@H](c2c[nH]c3ccccc23)N1. The van der Waals surface area contributed by atoms with E-state index in [1.54, 1.807) is 0 Å². The summed E-state index contributed by atoms with van der Waals surface area (Å²) in [6, 6.07) is 15.4. The number of H-pyrrole nitrogens is 2. The maximum atomic E-state index is 11.7. The highest BCUT2D eigenvalue weighted by Crippen LogP contribution is 2.37. The maximum absolute atomic E-state index is 11.7. The Kier molecular flexibility index (Phi) is 2.99. The van der Waals surface area contributed by atoms with Crippen molar-refractivity contribution in [1.82, 2.24) is 15.3 Å². The van der Waals surface area contributed by atoms with Gasteiger partial charge in [0.2, 0.25) is 0 Å². The van der Waals surface area contributed by atoms with Crippen LogP contribution in [0.1, 0.15) is 22.9 Å². The number of aliphatic carboxylic acids is 1. The van der Waals surface area contributed by atoms with Gasteiger partial charge in [-0.25, -0.2) is 0 Å². The van der Waals surface area contributed by atoms with Crippen LogP contribution in [0, 0.1) is 0 Å². The fraction of sp³-hybridized carbons (Fsp3) is 0.150. The Balaban J connectivity index is 1.75. The Bertz CT molecular complexity index is 1110. The van der Waals surface area contributed by atoms with Gasteiger partial charge in [0.05, 0.1) is 6.04 Å². The zero-order valence-electron chi connectivity index (χ0n) is 13.4. The van der Waals surface area contributed by atoms with Crippen LogP contribution >= 0.6 is 0 Å². The van der Waals surface area contributed by atoms with E-state index in [0.717, 1.165) is 38.6 Å². The minimum absolute atomic E-state index is 0.187. The van der Waals surface area contributed by atoms with Gasteiger partial charge < -0.3 is 15.1 Å². The average molecular weight is 331 g/mol. The van der Waals surface area contributed by atoms with Crippen LogP contribution in [-0.2, 0) is 11.2 Å². The highest BCUT2D eigenvalue weighted by atomic mass is 16.4. The van der Waals surface area contributed by atoms with Gasteiger partial charge in [-0.15, -0.1) is 0 Å². The normalized spacial score (nSPS) is 20.0. The molecule has 124 valence electrons. The first-order chi connectivity index (χ1) is 12.2. The average Bonchev–Trinajstić information content (AvgIpc) is 3.22. The second-order valence-electron chi connectivity index (χ2n) is 6.55. The topological polar surface area (TPSA) is 80.9 Å². The molecule has 25 heavy (non-hydrogen) atoms. The minimum Gasteiger partial charge on any atom is -0.480 e. The van der Waals surface area contributed by atoms with Gasteiger partial charge in [0.1, 0.15) is 6.04 Å². The molecule has 4 N–H and O–H groups in total. The Hall–Kier alpha value is -3.05. The van der Waals surface area contributed by atoms with Crippen LogP contribution in [0.3, 0.4) is 0 Å². The van der Waals surface area contributed by atoms with Gasteiger partial charge in [-0.2, -0.15) is 0 Å². The maximum Gasteiger partial charge on any atom is 0.321 e. The van der Waals surface area contributed by atoms with Crippen molar-refractivity contribution >= 4 is 27.8 Å². The smallest absolute Gasteiger partial charge is 0.321 e. The molecule has 2 atom stereocenters. The molecule has 0 aliphatic carbocycles. The van der Waals surface area contributed by atoms with E-state index in [9.17, 15) is 9.90 Å². The van der Waals surface area contributed by atoms with E-state index < -0.39 is 12.0 Å². The number of aromatic amines is 2. The van der Waals surface area contributed by atoms with E-state index in [4.69, 9.17) is 0 Å². The molecule has 5 rings (SSSR count). The number of nitrogens with one attached hydrogen (secondary N) is 3. The number of aromatic nitrogens is 2. The zero-order valence-corrected chi connectivity index (χ0v) is 13.4. The Labute approximate surface area is 143 Å². The van der Waals surface area contributed by atoms with Crippen LogP contribution in [0.5, 0.6) is 0 Å². The number of para-hydroxylation sites is 2. The predicted octanol–water partition coefficient (Wildman–Crippen LogP) is 3.34. The molecule has 2 aromatic heterocycles. The number of fused-ring (bicyclic) bond motifs is 4. The number of hydrogen-bond donors (Lipinski definition) is 4. The van der Waals surface area contributed by atoms with Crippen molar-refractivity contribution in [2.45, 2.75) is 18.5 Å². The van der Waals surface area contributed by atoms with E-state index in [1.807, 2.05) is 42.6 Å². The first-order valence-electron chi connectivity index (χ1n) is 8.36. The third kappa shape index (κ3) is 2.09. The van der Waals surface area contributed by atoms with Crippen molar-refractivity contribution in [3.05, 3.63) is 71.5 Å². The zero-order chi connectivity index (χ0) is 17.0. The molecule has 0 saturated heterocycles. The molecule has 4 aromatic rings. The number of carboxylic acid groups (broad SMARTS) is 1. The van der Waals surface area contributed by atoms with Gasteiger partial charge in [0, 0.05) is 45.7 Å². The molecule has 5 heteroatoms. The van der Waals surface area contributed by atoms with Crippen LogP contribution in [0.2, 0.25) is 0 Å². The van der Waals surface area contributed by atoms with Crippen molar-refractivity contribution in [3.63, 3.8) is 0 Å². The van der Waals surface area contributed by atoms with Crippen molar-refractivity contribution in [2.75, 3.05) is 0 Å². The molecule has 0 fully saturated rings. The molecule has 0 spiro atoms. The van der Waals surface area contributed by atoms with Crippen LogP contribution in [-0.4, -0.2) is 27.1 Å². The first kappa shape index (κ1) is 14.3. The number of carbonyl (C=O) groups is 1. The van der Waals surface area contributed by atoms with E-state index in [0.29, 0.717) is 6.42 Å². The van der Waals surface area contributed by atoms with Gasteiger partial charge in [0.25, 0.3) is 0 Å². The van der Waals surface area contributed by atoms with Gasteiger partial charge in [-0.05, 0) is 17.7 Å². The molecule has 0 saturated carbocycles. The van der Waals surface area contributed by atoms with Crippen LogP contribution < -0.4 is 5.32 Å². The standard InChI is InChI=1S/C20H17N3O2/c24-20(25)17-9-13-11-5-2-4-8-16(11)22-18(13)19(23-17)14-10-21-15-7-3-1-6-12(14)15/h1-8,10,17,19,21-23H,9H2,(H,24,25)/t17-,19+/m0/s1. The predicted molar refractivity (Wildman–Crippen MR) is 96.7 cm³/mol. The summed E-state index contributed by atoms with van der Waals surface area (Å²) in [4.78, 5) is 18.5. The van der Waals surface area contributed by atoms with Gasteiger partial charge in [0.15, 0.2) is 0 Å². The number of rotatable bonds is 2. The summed E-state index contributed by atoms with van der Waals surface area (Å²) in [6.45, 7) is 0. The van der Waals surface area contributed by atoms with Gasteiger partial charge in [-0.3, -0.25) is 10.1 Å². The highest BCUT2D eigenvalue weighted by Gasteiger charge is 2.34. The van der Waals surface area contributed by atoms with Crippen molar-refractivity contribution in [2.24, 2.45) is 0 Å². The van der Waals surface area contributed by atoms with Crippen molar-refractivity contribution in [1.29, 1.82) is 0 Å². The van der Waals surface area contributed by atoms with Crippen LogP contribution in [0.4, 0.5) is 0 Å². The summed E-state index contributed by atoms with van der Waals surface area (Å²) in [6.07, 6.45) is 2.45. The van der Waals surface area contributed by atoms with Crippen LogP contribution in [0.25, 0.3) is 21.8 Å². The molecule has 1 aliphatic heterocycles. The lowest BCUT2D eigenvalue weighted by Gasteiger charge is -2.29. The van der Waals surface area contributed by atoms with E-state index in [1.165, 1.54) is 0 Å². The third-order valence-electron chi connectivity index (χ3n) is 5.14. The summed E-state index contributed by atoms with van der Waals surface area (Å²) in [5.74, 6) is -0.819. The summed E-state index contributed by atoms with van der Waals surface area (Å²) in [5.41, 5.74) is 5.31. The molecule has 0 bridgehead atoms. The lowest BCUT2D eigenvalue weighted by atomic mass is 9.90. The number of benzene rings is 2. The largest absolute Gasteiger partial charge is 0.480 e. The van der Waals surface area contributed by atoms with Crippen molar-refractivity contribution < 1.29 is 9.90 Å². The van der Waals surface area contributed by atoms with E-state index in [-0.39, 0.29) is 6.04 Å². The number of hydrogen-bond acceptors (Lipinski definition) is 2. The Morgan fingerprint density at radius 3 is 2.52 bits per heavy atom. The molecule has 0 unspecified atom stereocenters. The molecule has 3 heterocycles. The van der Waals surface area contributed by atoms with Crippen molar-refractivity contribution in [3.8, 4) is 0 Å². The number of carboxylic acids is 1. The first-order valence-corrected chi connectivity index (χ1v) is 8.36. The molecule has 5 nitrogen and oxygen atoms in total. The minimum atomic E-state index is -0.819. The molecule has 2 aromatic carbocycles. The van der Waals surface area contributed by atoms with Gasteiger partial charge >= 0.3 is 5.97 Å². The summed E-state index contributed by atoms with van der Waals surface area (Å²) in [7, 11) is 0. The van der Waals surface area contributed by atoms with Crippen LogP contribution in [0.15, 0.2) is 54.7 Å². The highest BCUT2D eigenvalue weighted by molar-refractivity contribution is 5.89. The quantitative estimate of drug-likeness (QED) is 0.455. The summed E-state index contributed by atoms with van der Waals surface area (Å²) >= 11 is 0. The molecular weight excluding hydrogens is 314 g/mol.